The van der Waals surface area contributed by atoms with Crippen LogP contribution in [0.15, 0.2) is 103 Å². The molecular formula is C33H39F3N8O. The first-order valence-corrected chi connectivity index (χ1v) is 14.3. The number of benzene rings is 3. The molecule has 238 valence electrons. The van der Waals surface area contributed by atoms with E-state index in [0.717, 1.165) is 23.4 Å². The van der Waals surface area contributed by atoms with Gasteiger partial charge in [-0.05, 0) is 61.9 Å². The molecule has 3 aromatic carbocycles. The number of amides is 1. The number of halogens is 3. The monoisotopic (exact) mass is 620 g/mol. The molecule has 1 heterocycles. The van der Waals surface area contributed by atoms with Gasteiger partial charge >= 0.3 is 6.18 Å². The Labute approximate surface area is 261 Å². The molecule has 9 nitrogen and oxygen atoms in total. The van der Waals surface area contributed by atoms with Crippen molar-refractivity contribution in [1.29, 1.82) is 0 Å². The highest BCUT2D eigenvalue weighted by molar-refractivity contribution is 6.05. The molecule has 0 spiro atoms. The summed E-state index contributed by atoms with van der Waals surface area (Å²) in [6, 6.07) is 18.3. The van der Waals surface area contributed by atoms with Crippen LogP contribution in [0, 0.1) is 6.92 Å². The van der Waals surface area contributed by atoms with Crippen molar-refractivity contribution in [2.75, 3.05) is 53.4 Å². The molecule has 1 aliphatic heterocycles. The molecule has 45 heavy (non-hydrogen) atoms. The van der Waals surface area contributed by atoms with Crippen LogP contribution in [-0.4, -0.2) is 44.1 Å². The Morgan fingerprint density at radius 1 is 0.956 bits per heavy atom. The van der Waals surface area contributed by atoms with Gasteiger partial charge in [0.05, 0.1) is 16.9 Å². The van der Waals surface area contributed by atoms with Crippen molar-refractivity contribution in [3.8, 4) is 0 Å². The number of para-hydroxylation sites is 1. The van der Waals surface area contributed by atoms with E-state index < -0.39 is 17.6 Å². The largest absolute Gasteiger partial charge is 0.416 e. The summed E-state index contributed by atoms with van der Waals surface area (Å²) in [4.78, 5) is 17.4. The maximum absolute atomic E-state index is 13.9. The lowest BCUT2D eigenvalue weighted by Gasteiger charge is -2.37. The van der Waals surface area contributed by atoms with Crippen molar-refractivity contribution in [3.63, 3.8) is 0 Å². The van der Waals surface area contributed by atoms with Gasteiger partial charge in [-0.25, -0.2) is 11.7 Å². The van der Waals surface area contributed by atoms with E-state index in [0.29, 0.717) is 48.8 Å². The Kier molecular flexibility index (Phi) is 10.1. The third-order valence-electron chi connectivity index (χ3n) is 7.73. The molecule has 4 rings (SSSR count). The average Bonchev–Trinajstić information content (AvgIpc) is 3.01. The molecule has 12 heteroatoms. The summed E-state index contributed by atoms with van der Waals surface area (Å²) in [5.74, 6) is 11.6. The fourth-order valence-corrected chi connectivity index (χ4v) is 5.08. The average molecular weight is 621 g/mol. The van der Waals surface area contributed by atoms with Gasteiger partial charge in [0.25, 0.3) is 5.91 Å². The van der Waals surface area contributed by atoms with Crippen LogP contribution in [0.4, 0.5) is 35.9 Å². The molecule has 3 aromatic rings. The van der Waals surface area contributed by atoms with Crippen molar-refractivity contribution in [3.05, 3.63) is 119 Å². The Balaban J connectivity index is 1.57. The fourth-order valence-electron chi connectivity index (χ4n) is 5.08. The third-order valence-corrected chi connectivity index (χ3v) is 7.73. The first-order valence-electron chi connectivity index (χ1n) is 14.3. The van der Waals surface area contributed by atoms with E-state index in [4.69, 9.17) is 17.4 Å². The van der Waals surface area contributed by atoms with Gasteiger partial charge < -0.3 is 25.9 Å². The summed E-state index contributed by atoms with van der Waals surface area (Å²) in [5.41, 5.74) is 9.84. The normalized spacial score (nSPS) is 14.5. The van der Waals surface area contributed by atoms with Crippen molar-refractivity contribution in [2.45, 2.75) is 20.0 Å². The zero-order valence-corrected chi connectivity index (χ0v) is 25.6. The van der Waals surface area contributed by atoms with Crippen LogP contribution >= 0.6 is 0 Å². The molecule has 0 aliphatic carbocycles. The lowest BCUT2D eigenvalue weighted by Crippen LogP contribution is -2.46. The number of carbonyl (C=O) groups excluding carboxylic acids is 1. The van der Waals surface area contributed by atoms with Gasteiger partial charge in [0.1, 0.15) is 0 Å². The van der Waals surface area contributed by atoms with Crippen molar-refractivity contribution < 1.29 is 18.0 Å². The van der Waals surface area contributed by atoms with Crippen molar-refractivity contribution in [1.82, 2.24) is 5.01 Å². The van der Waals surface area contributed by atoms with Crippen LogP contribution in [0.1, 0.15) is 28.4 Å². The highest BCUT2D eigenvalue weighted by Gasteiger charge is 2.32. The van der Waals surface area contributed by atoms with Gasteiger partial charge in [-0.15, -0.1) is 0 Å². The Morgan fingerprint density at radius 2 is 1.58 bits per heavy atom. The third kappa shape index (κ3) is 7.97. The van der Waals surface area contributed by atoms with Gasteiger partial charge in [-0.1, -0.05) is 36.9 Å². The first kappa shape index (κ1) is 33.0. The molecule has 0 aromatic heterocycles. The second-order valence-electron chi connectivity index (χ2n) is 10.8. The predicted molar refractivity (Wildman–Crippen MR) is 175 cm³/mol. The van der Waals surface area contributed by atoms with E-state index in [1.165, 1.54) is 16.2 Å². The number of anilines is 4. The molecule has 1 aliphatic rings. The summed E-state index contributed by atoms with van der Waals surface area (Å²) >= 11 is 0. The highest BCUT2D eigenvalue weighted by Crippen LogP contribution is 2.35. The number of piperazine rings is 1. The second kappa shape index (κ2) is 13.8. The second-order valence-corrected chi connectivity index (χ2v) is 10.8. The number of nitrogens with two attached hydrogens (primary N) is 3. The maximum atomic E-state index is 13.9. The maximum Gasteiger partial charge on any atom is 0.416 e. The minimum Gasteiger partial charge on any atom is -0.397 e. The smallest absolute Gasteiger partial charge is 0.397 e. The quantitative estimate of drug-likeness (QED) is 0.144. The van der Waals surface area contributed by atoms with E-state index in [-0.39, 0.29) is 16.9 Å². The number of nitrogens with one attached hydrogen (secondary N) is 1. The molecule has 1 amide bonds. The number of hydrazine groups is 2. The summed E-state index contributed by atoms with van der Waals surface area (Å²) in [5, 5.41) is 5.32. The first-order chi connectivity index (χ1) is 21.3. The van der Waals surface area contributed by atoms with Crippen molar-refractivity contribution in [2.24, 2.45) is 17.4 Å². The van der Waals surface area contributed by atoms with E-state index in [1.54, 1.807) is 51.2 Å². The Morgan fingerprint density at radius 3 is 2.16 bits per heavy atom. The standard InChI is InChI=1S/C33H39F3N8O/c1-5-29(23(3)41(4)38)30(37)21-44(39)31-17-24(12-11-22(31)2)32(45)40-26-18-25(33(34,35)36)19-28(20-26)43-15-13-42(14-16-43)27-9-7-6-8-10-27/h5-12,17-21H,1,13-16,37-39H2,2-4H3,(H,40,45)/b29-23+,30-21-. The number of hydrogen-bond acceptors (Lipinski definition) is 8. The zero-order chi connectivity index (χ0) is 32.9. The summed E-state index contributed by atoms with van der Waals surface area (Å²) in [6.07, 6.45) is -1.56. The molecule has 0 radical (unpaired) electrons. The molecule has 1 fully saturated rings. The summed E-state index contributed by atoms with van der Waals surface area (Å²) in [7, 11) is 1.66. The number of nitrogens with zero attached hydrogens (tertiary/aromatic N) is 4. The Hall–Kier alpha value is -4.94. The number of rotatable bonds is 9. The lowest BCUT2D eigenvalue weighted by molar-refractivity contribution is -0.137. The molecule has 0 saturated carbocycles. The van der Waals surface area contributed by atoms with Gasteiger partial charge in [0, 0.05) is 73.3 Å². The molecule has 7 N–H and O–H groups in total. The van der Waals surface area contributed by atoms with E-state index >= 15 is 0 Å². The fraction of sp³-hybridized carbons (Fsp3) is 0.242. The SMILES string of the molecule is C=CC(/C(N)=C/N(N)c1cc(C(=O)Nc2cc(N3CCN(c4ccccc4)CC3)cc(C(F)(F)F)c2)ccc1C)=C(/C)N(C)N. The number of allylic oxidation sites excluding steroid dienone is 2. The number of hydrogen-bond donors (Lipinski definition) is 4. The van der Waals surface area contributed by atoms with E-state index in [1.807, 2.05) is 35.2 Å². The molecular weight excluding hydrogens is 581 g/mol. The zero-order valence-electron chi connectivity index (χ0n) is 25.6. The lowest BCUT2D eigenvalue weighted by atomic mass is 10.1. The molecule has 0 bridgehead atoms. The van der Waals surface area contributed by atoms with Gasteiger partial charge in [-0.3, -0.25) is 9.80 Å². The van der Waals surface area contributed by atoms with Crippen LogP contribution in [0.25, 0.3) is 0 Å². The van der Waals surface area contributed by atoms with Crippen LogP contribution in [0.5, 0.6) is 0 Å². The highest BCUT2D eigenvalue weighted by atomic mass is 19.4. The van der Waals surface area contributed by atoms with Gasteiger partial charge in [-0.2, -0.15) is 13.2 Å². The molecule has 1 saturated heterocycles. The summed E-state index contributed by atoms with van der Waals surface area (Å²) in [6.45, 7) is 9.71. The molecule has 0 unspecified atom stereocenters. The van der Waals surface area contributed by atoms with Crippen LogP contribution in [0.2, 0.25) is 0 Å². The Bertz CT molecular complexity index is 1590. The minimum absolute atomic E-state index is 0.0355. The van der Waals surface area contributed by atoms with Gasteiger partial charge in [0.2, 0.25) is 0 Å². The van der Waals surface area contributed by atoms with Gasteiger partial charge in [0.15, 0.2) is 0 Å². The number of carbonyl (C=O) groups is 1. The van der Waals surface area contributed by atoms with E-state index in [9.17, 15) is 18.0 Å². The van der Waals surface area contributed by atoms with Crippen molar-refractivity contribution >= 4 is 28.7 Å². The summed E-state index contributed by atoms with van der Waals surface area (Å²) < 4.78 is 41.8. The number of alkyl halides is 3. The minimum atomic E-state index is -4.60. The van der Waals surface area contributed by atoms with Crippen LogP contribution < -0.4 is 37.5 Å². The topological polar surface area (TPSA) is 120 Å². The van der Waals surface area contributed by atoms with Crippen LogP contribution in [-0.2, 0) is 6.18 Å². The van der Waals surface area contributed by atoms with Crippen LogP contribution in [0.3, 0.4) is 0 Å². The number of aryl methyl sites for hydroxylation is 1. The molecule has 0 atom stereocenters. The predicted octanol–water partition coefficient (Wildman–Crippen LogP) is 5.34. The van der Waals surface area contributed by atoms with E-state index in [2.05, 4.69) is 16.8 Å².